The number of imidazole rings is 1. The lowest BCUT2D eigenvalue weighted by atomic mass is 9.93. The Labute approximate surface area is 202 Å². The number of nitrogens with zero attached hydrogens (tertiary/aromatic N) is 6. The predicted octanol–water partition coefficient (Wildman–Crippen LogP) is 2.67. The van der Waals surface area contributed by atoms with Crippen LogP contribution in [-0.2, 0) is 11.3 Å². The van der Waals surface area contributed by atoms with Crippen molar-refractivity contribution in [3.63, 3.8) is 0 Å². The van der Waals surface area contributed by atoms with Gasteiger partial charge in [-0.1, -0.05) is 30.3 Å². The lowest BCUT2D eigenvalue weighted by molar-refractivity contribution is 0.0955. The van der Waals surface area contributed by atoms with E-state index in [4.69, 9.17) is 9.72 Å². The van der Waals surface area contributed by atoms with Crippen molar-refractivity contribution in [3.05, 3.63) is 78.0 Å². The number of hydrogen-bond acceptors (Lipinski definition) is 6. The number of carbonyl (C=O) groups excluding carboxylic acids is 1. The summed E-state index contributed by atoms with van der Waals surface area (Å²) in [5.41, 5.74) is 6.32. The van der Waals surface area contributed by atoms with E-state index in [2.05, 4.69) is 61.1 Å². The monoisotopic (exact) mass is 467 g/mol. The molecule has 2 amide bonds. The molecule has 2 fully saturated rings. The Morgan fingerprint density at radius 3 is 2.71 bits per heavy atom. The van der Waals surface area contributed by atoms with Crippen molar-refractivity contribution in [1.29, 1.82) is 0 Å². The Bertz CT molecular complexity index is 1400. The summed E-state index contributed by atoms with van der Waals surface area (Å²) in [6, 6.07) is 14.8. The van der Waals surface area contributed by atoms with Crippen LogP contribution in [0.15, 0.2) is 61.1 Å². The topological polar surface area (TPSA) is 87.9 Å². The van der Waals surface area contributed by atoms with Gasteiger partial charge in [0, 0.05) is 55.9 Å². The summed E-state index contributed by atoms with van der Waals surface area (Å²) < 4.78 is 8.08. The van der Waals surface area contributed by atoms with Gasteiger partial charge in [0.2, 0.25) is 5.95 Å². The van der Waals surface area contributed by atoms with E-state index in [-0.39, 0.29) is 18.0 Å². The van der Waals surface area contributed by atoms with Crippen molar-refractivity contribution >= 4 is 17.6 Å². The molecular formula is C26H25N7O2. The van der Waals surface area contributed by atoms with Gasteiger partial charge in [0.05, 0.1) is 36.6 Å². The van der Waals surface area contributed by atoms with Crippen LogP contribution in [0.5, 0.6) is 0 Å². The molecule has 9 nitrogen and oxygen atoms in total. The molecule has 6 heterocycles. The van der Waals surface area contributed by atoms with Crippen LogP contribution in [0.3, 0.4) is 0 Å². The molecule has 35 heavy (non-hydrogen) atoms. The minimum Gasteiger partial charge on any atom is -0.374 e. The lowest BCUT2D eigenvalue weighted by Gasteiger charge is -2.36. The van der Waals surface area contributed by atoms with Gasteiger partial charge >= 0.3 is 6.03 Å². The molecule has 7 rings (SSSR count). The van der Waals surface area contributed by atoms with Gasteiger partial charge in [-0.05, 0) is 17.7 Å². The molecule has 1 aromatic carbocycles. The second kappa shape index (κ2) is 8.06. The third kappa shape index (κ3) is 3.42. The zero-order valence-corrected chi connectivity index (χ0v) is 19.2. The van der Waals surface area contributed by atoms with Gasteiger partial charge in [-0.25, -0.2) is 19.7 Å². The molecule has 1 N–H and O–H groups in total. The molecule has 2 saturated heterocycles. The fourth-order valence-electron chi connectivity index (χ4n) is 5.47. The van der Waals surface area contributed by atoms with Crippen LogP contribution in [0.1, 0.15) is 22.9 Å². The fourth-order valence-corrected chi connectivity index (χ4v) is 5.47. The number of fused-ring (bicyclic) bond motifs is 4. The highest BCUT2D eigenvalue weighted by molar-refractivity contribution is 5.77. The Kier molecular flexibility index (Phi) is 4.70. The minimum atomic E-state index is 0.0315. The SMILES string of the molecule is O=C1NC[C@@H]2CN(c3ncc(-c4ccc5nc6c(n5c4)[C@@H](c4ccccc4)COC6)cn3)CCN12. The molecule has 0 radical (unpaired) electrons. The average Bonchev–Trinajstić information content (AvgIpc) is 3.48. The number of aromatic nitrogens is 4. The van der Waals surface area contributed by atoms with Gasteiger partial charge in [0.15, 0.2) is 0 Å². The van der Waals surface area contributed by atoms with Crippen molar-refractivity contribution in [2.75, 3.05) is 37.7 Å². The largest absolute Gasteiger partial charge is 0.374 e. The Balaban J connectivity index is 1.19. The number of benzene rings is 1. The van der Waals surface area contributed by atoms with Crippen molar-refractivity contribution in [1.82, 2.24) is 29.6 Å². The van der Waals surface area contributed by atoms with Crippen LogP contribution in [-0.4, -0.2) is 69.1 Å². The Hall–Kier alpha value is -3.98. The smallest absolute Gasteiger partial charge is 0.317 e. The van der Waals surface area contributed by atoms with Crippen LogP contribution in [0.25, 0.3) is 16.8 Å². The van der Waals surface area contributed by atoms with E-state index in [0.717, 1.165) is 35.6 Å². The second-order valence-electron chi connectivity index (χ2n) is 9.32. The quantitative estimate of drug-likeness (QED) is 0.499. The number of nitrogens with one attached hydrogen (secondary N) is 1. The first-order valence-corrected chi connectivity index (χ1v) is 12.0. The summed E-state index contributed by atoms with van der Waals surface area (Å²) >= 11 is 0. The van der Waals surface area contributed by atoms with E-state index >= 15 is 0 Å². The van der Waals surface area contributed by atoms with E-state index in [1.54, 1.807) is 0 Å². The Morgan fingerprint density at radius 1 is 1.00 bits per heavy atom. The Morgan fingerprint density at radius 2 is 1.86 bits per heavy atom. The summed E-state index contributed by atoms with van der Waals surface area (Å²) in [5.74, 6) is 0.842. The van der Waals surface area contributed by atoms with Crippen LogP contribution >= 0.6 is 0 Å². The van der Waals surface area contributed by atoms with E-state index in [1.807, 2.05) is 29.4 Å². The highest BCUT2D eigenvalue weighted by Gasteiger charge is 2.36. The van der Waals surface area contributed by atoms with Crippen molar-refractivity contribution < 1.29 is 9.53 Å². The first-order valence-electron chi connectivity index (χ1n) is 12.0. The number of anilines is 1. The van der Waals surface area contributed by atoms with Gasteiger partial charge in [0.25, 0.3) is 0 Å². The number of urea groups is 1. The highest BCUT2D eigenvalue weighted by atomic mass is 16.5. The van der Waals surface area contributed by atoms with E-state index in [9.17, 15) is 4.79 Å². The molecule has 2 atom stereocenters. The zero-order chi connectivity index (χ0) is 23.4. The van der Waals surface area contributed by atoms with Crippen LogP contribution in [0.4, 0.5) is 10.7 Å². The van der Waals surface area contributed by atoms with Crippen LogP contribution in [0, 0.1) is 0 Å². The average molecular weight is 468 g/mol. The van der Waals surface area contributed by atoms with E-state index < -0.39 is 0 Å². The van der Waals surface area contributed by atoms with Crippen molar-refractivity contribution in [2.24, 2.45) is 0 Å². The number of ether oxygens (including phenoxy) is 1. The number of amides is 2. The maximum atomic E-state index is 11.9. The highest BCUT2D eigenvalue weighted by Crippen LogP contribution is 2.34. The molecule has 9 heteroatoms. The summed E-state index contributed by atoms with van der Waals surface area (Å²) in [7, 11) is 0. The molecular weight excluding hydrogens is 442 g/mol. The standard InChI is InChI=1S/C26H25N7O2/c34-26-29-12-20-14-31(8-9-32(20)26)25-27-10-19(11-28-25)18-6-7-23-30-22-16-35-15-21(24(22)33(23)13-18)17-4-2-1-3-5-17/h1-7,10-11,13,20-21H,8-9,12,14-16H2,(H,29,34)/t20-,21-/m1/s1. The van der Waals surface area contributed by atoms with Gasteiger partial charge in [-0.15, -0.1) is 0 Å². The summed E-state index contributed by atoms with van der Waals surface area (Å²) in [6.07, 6.45) is 5.90. The van der Waals surface area contributed by atoms with Gasteiger partial charge in [0.1, 0.15) is 5.65 Å². The summed E-state index contributed by atoms with van der Waals surface area (Å²) in [5, 5.41) is 2.92. The van der Waals surface area contributed by atoms with E-state index in [0.29, 0.717) is 32.3 Å². The second-order valence-corrected chi connectivity index (χ2v) is 9.32. The minimum absolute atomic E-state index is 0.0315. The molecule has 0 spiro atoms. The first-order chi connectivity index (χ1) is 17.2. The maximum absolute atomic E-state index is 11.9. The molecule has 176 valence electrons. The third-order valence-electron chi connectivity index (χ3n) is 7.27. The van der Waals surface area contributed by atoms with Gasteiger partial charge in [-0.3, -0.25) is 0 Å². The lowest BCUT2D eigenvalue weighted by Crippen LogP contribution is -2.52. The maximum Gasteiger partial charge on any atom is 0.317 e. The molecule has 3 aliphatic heterocycles. The summed E-state index contributed by atoms with van der Waals surface area (Å²) in [4.78, 5) is 30.1. The molecule has 0 bridgehead atoms. The first kappa shape index (κ1) is 20.4. The summed E-state index contributed by atoms with van der Waals surface area (Å²) in [6.45, 7) is 4.02. The molecule has 3 aromatic heterocycles. The molecule has 4 aromatic rings. The van der Waals surface area contributed by atoms with Crippen molar-refractivity contribution in [2.45, 2.75) is 18.6 Å². The molecule has 0 unspecified atom stereocenters. The van der Waals surface area contributed by atoms with Crippen LogP contribution in [0.2, 0.25) is 0 Å². The molecule has 0 aliphatic carbocycles. The zero-order valence-electron chi connectivity index (χ0n) is 19.2. The van der Waals surface area contributed by atoms with Crippen LogP contribution < -0.4 is 10.2 Å². The number of hydrogen-bond donors (Lipinski definition) is 1. The van der Waals surface area contributed by atoms with Crippen molar-refractivity contribution in [3.8, 4) is 11.1 Å². The fraction of sp³-hybridized carbons (Fsp3) is 0.308. The number of pyridine rings is 1. The third-order valence-corrected chi connectivity index (χ3v) is 7.27. The normalized spacial score (nSPS) is 21.7. The van der Waals surface area contributed by atoms with Gasteiger partial charge in [-0.2, -0.15) is 0 Å². The van der Waals surface area contributed by atoms with E-state index in [1.165, 1.54) is 11.3 Å². The molecule has 0 saturated carbocycles. The molecule has 3 aliphatic rings. The van der Waals surface area contributed by atoms with Gasteiger partial charge < -0.3 is 24.3 Å². The number of piperazine rings is 1. The predicted molar refractivity (Wildman–Crippen MR) is 130 cm³/mol. The number of carbonyl (C=O) groups is 1. The number of rotatable bonds is 3.